The van der Waals surface area contributed by atoms with E-state index in [0.29, 0.717) is 0 Å². The molecule has 0 saturated carbocycles. The second-order valence-electron chi connectivity index (χ2n) is 5.09. The minimum absolute atomic E-state index is 0.139. The van der Waals surface area contributed by atoms with Crippen LogP contribution in [0.4, 0.5) is 0 Å². The number of rotatable bonds is 5. The summed E-state index contributed by atoms with van der Waals surface area (Å²) in [7, 11) is 1.68. The van der Waals surface area contributed by atoms with Crippen LogP contribution in [0.1, 0.15) is 27.2 Å². The van der Waals surface area contributed by atoms with Crippen molar-refractivity contribution in [2.24, 2.45) is 5.92 Å². The molecule has 18 heavy (non-hydrogen) atoms. The smallest absolute Gasteiger partial charge is 0.307 e. The minimum Gasteiger partial charge on any atom is -0.481 e. The van der Waals surface area contributed by atoms with Gasteiger partial charge in [-0.25, -0.2) is 0 Å². The van der Waals surface area contributed by atoms with Crippen LogP contribution in [0, 0.1) is 5.92 Å². The van der Waals surface area contributed by atoms with Gasteiger partial charge in [0.05, 0.1) is 18.4 Å². The van der Waals surface area contributed by atoms with E-state index in [1.54, 1.807) is 32.7 Å². The fraction of sp³-hybridized carbons (Fsp3) is 0.750. The SMILES string of the molecule is CC(CN(C)C1CC(=O)N(C(C)C)C1=O)C(=O)O. The number of carboxylic acid groups (broad SMARTS) is 1. The zero-order valence-electron chi connectivity index (χ0n) is 11.2. The zero-order valence-corrected chi connectivity index (χ0v) is 11.2. The van der Waals surface area contributed by atoms with Crippen LogP contribution in [0.15, 0.2) is 0 Å². The van der Waals surface area contributed by atoms with E-state index in [4.69, 9.17) is 5.11 Å². The zero-order chi connectivity index (χ0) is 14.0. The quantitative estimate of drug-likeness (QED) is 0.710. The number of carbonyl (C=O) groups is 3. The van der Waals surface area contributed by atoms with Gasteiger partial charge in [0.1, 0.15) is 0 Å². The Balaban J connectivity index is 2.71. The van der Waals surface area contributed by atoms with Gasteiger partial charge in [-0.15, -0.1) is 0 Å². The van der Waals surface area contributed by atoms with Crippen molar-refractivity contribution in [2.45, 2.75) is 39.3 Å². The first-order chi connectivity index (χ1) is 8.25. The van der Waals surface area contributed by atoms with Crippen LogP contribution in [0.25, 0.3) is 0 Å². The number of hydrogen-bond acceptors (Lipinski definition) is 4. The Morgan fingerprint density at radius 3 is 2.39 bits per heavy atom. The highest BCUT2D eigenvalue weighted by atomic mass is 16.4. The third-order valence-electron chi connectivity index (χ3n) is 3.19. The molecule has 6 heteroatoms. The van der Waals surface area contributed by atoms with Gasteiger partial charge >= 0.3 is 5.97 Å². The first-order valence-electron chi connectivity index (χ1n) is 6.04. The molecule has 2 unspecified atom stereocenters. The number of likely N-dealkylation sites (N-methyl/N-ethyl adjacent to an activating group) is 1. The van der Waals surface area contributed by atoms with E-state index < -0.39 is 17.9 Å². The van der Waals surface area contributed by atoms with E-state index in [1.807, 2.05) is 0 Å². The number of likely N-dealkylation sites (tertiary alicyclic amines) is 1. The van der Waals surface area contributed by atoms with Crippen molar-refractivity contribution in [3.05, 3.63) is 0 Å². The summed E-state index contributed by atoms with van der Waals surface area (Å²) in [5.74, 6) is -1.88. The Bertz CT molecular complexity index is 367. The molecule has 1 N–H and O–H groups in total. The number of aliphatic carboxylic acids is 1. The summed E-state index contributed by atoms with van der Waals surface area (Å²) < 4.78 is 0. The van der Waals surface area contributed by atoms with Crippen molar-refractivity contribution in [3.63, 3.8) is 0 Å². The molecule has 0 aromatic carbocycles. The van der Waals surface area contributed by atoms with Crippen molar-refractivity contribution in [3.8, 4) is 0 Å². The van der Waals surface area contributed by atoms with E-state index in [2.05, 4.69) is 0 Å². The molecule has 0 radical (unpaired) electrons. The van der Waals surface area contributed by atoms with E-state index in [-0.39, 0.29) is 30.8 Å². The van der Waals surface area contributed by atoms with Crippen LogP contribution >= 0.6 is 0 Å². The van der Waals surface area contributed by atoms with Crippen molar-refractivity contribution in [2.75, 3.05) is 13.6 Å². The second kappa shape index (κ2) is 5.48. The Morgan fingerprint density at radius 1 is 1.44 bits per heavy atom. The Hall–Kier alpha value is -1.43. The topological polar surface area (TPSA) is 77.9 Å². The first kappa shape index (κ1) is 14.6. The molecule has 6 nitrogen and oxygen atoms in total. The van der Waals surface area contributed by atoms with Crippen LogP contribution in [0.3, 0.4) is 0 Å². The molecule has 0 aliphatic carbocycles. The Morgan fingerprint density at radius 2 is 2.00 bits per heavy atom. The molecule has 1 heterocycles. The fourth-order valence-electron chi connectivity index (χ4n) is 2.16. The fourth-order valence-corrected chi connectivity index (χ4v) is 2.16. The largest absolute Gasteiger partial charge is 0.481 e. The summed E-state index contributed by atoms with van der Waals surface area (Å²) in [6, 6.07) is -0.679. The molecule has 2 amide bonds. The third kappa shape index (κ3) is 2.87. The van der Waals surface area contributed by atoms with Gasteiger partial charge in [0.2, 0.25) is 11.8 Å². The van der Waals surface area contributed by atoms with Gasteiger partial charge in [-0.1, -0.05) is 6.92 Å². The van der Waals surface area contributed by atoms with Crippen LogP contribution in [-0.2, 0) is 14.4 Å². The van der Waals surface area contributed by atoms with Gasteiger partial charge in [0, 0.05) is 12.6 Å². The normalized spacial score (nSPS) is 22.1. The molecule has 1 saturated heterocycles. The van der Waals surface area contributed by atoms with Gasteiger partial charge in [-0.2, -0.15) is 0 Å². The van der Waals surface area contributed by atoms with Gasteiger partial charge in [0.25, 0.3) is 0 Å². The lowest BCUT2D eigenvalue weighted by Crippen LogP contribution is -2.44. The van der Waals surface area contributed by atoms with E-state index in [1.165, 1.54) is 4.90 Å². The Kier molecular flexibility index (Phi) is 4.45. The lowest BCUT2D eigenvalue weighted by Gasteiger charge is -2.25. The highest BCUT2D eigenvalue weighted by molar-refractivity contribution is 6.05. The monoisotopic (exact) mass is 256 g/mol. The summed E-state index contributed by atoms with van der Waals surface area (Å²) in [5.41, 5.74) is 0. The first-order valence-corrected chi connectivity index (χ1v) is 6.04. The average molecular weight is 256 g/mol. The predicted molar refractivity (Wildman–Crippen MR) is 64.8 cm³/mol. The summed E-state index contributed by atoms with van der Waals surface area (Å²) in [6.07, 6.45) is 0.139. The van der Waals surface area contributed by atoms with E-state index in [9.17, 15) is 14.4 Å². The van der Waals surface area contributed by atoms with E-state index >= 15 is 0 Å². The predicted octanol–water partition coefficient (Wildman–Crippen LogP) is 0.175. The van der Waals surface area contributed by atoms with Crippen molar-refractivity contribution >= 4 is 17.8 Å². The summed E-state index contributed by atoms with van der Waals surface area (Å²) in [4.78, 5) is 37.5. The van der Waals surface area contributed by atoms with Crippen LogP contribution < -0.4 is 0 Å². The molecular formula is C12H20N2O4. The summed E-state index contributed by atoms with van der Waals surface area (Å²) >= 11 is 0. The minimum atomic E-state index is -0.903. The number of hydrogen-bond donors (Lipinski definition) is 1. The molecule has 2 atom stereocenters. The molecule has 0 aromatic rings. The third-order valence-corrected chi connectivity index (χ3v) is 3.19. The molecule has 0 bridgehead atoms. The van der Waals surface area contributed by atoms with Gasteiger partial charge in [-0.05, 0) is 20.9 Å². The average Bonchev–Trinajstić information content (AvgIpc) is 2.53. The lowest BCUT2D eigenvalue weighted by molar-refractivity contribution is -0.144. The van der Waals surface area contributed by atoms with Gasteiger partial charge in [0.15, 0.2) is 0 Å². The highest BCUT2D eigenvalue weighted by Crippen LogP contribution is 2.20. The number of nitrogens with zero attached hydrogens (tertiary/aromatic N) is 2. The summed E-state index contributed by atoms with van der Waals surface area (Å²) in [6.45, 7) is 5.42. The molecule has 1 aliphatic rings. The molecule has 1 aliphatic heterocycles. The van der Waals surface area contributed by atoms with Crippen molar-refractivity contribution in [1.29, 1.82) is 0 Å². The molecule has 1 rings (SSSR count). The number of carboxylic acids is 1. The Labute approximate surface area is 107 Å². The number of amides is 2. The van der Waals surface area contributed by atoms with Gasteiger partial charge < -0.3 is 5.11 Å². The maximum absolute atomic E-state index is 12.1. The highest BCUT2D eigenvalue weighted by Gasteiger charge is 2.42. The molecule has 0 spiro atoms. The van der Waals surface area contributed by atoms with Crippen LogP contribution in [-0.4, -0.2) is 58.4 Å². The molecule has 102 valence electrons. The van der Waals surface area contributed by atoms with Crippen LogP contribution in [0.2, 0.25) is 0 Å². The molecule has 1 fully saturated rings. The maximum Gasteiger partial charge on any atom is 0.307 e. The standard InChI is InChI=1S/C12H20N2O4/c1-7(2)14-10(15)5-9(11(14)16)13(4)6-8(3)12(17)18/h7-9H,5-6H2,1-4H3,(H,17,18). The molecule has 0 aromatic heterocycles. The lowest BCUT2D eigenvalue weighted by atomic mass is 10.1. The van der Waals surface area contributed by atoms with Gasteiger partial charge in [-0.3, -0.25) is 24.2 Å². The van der Waals surface area contributed by atoms with E-state index in [0.717, 1.165) is 0 Å². The summed E-state index contributed by atoms with van der Waals surface area (Å²) in [5, 5.41) is 8.84. The van der Waals surface area contributed by atoms with Crippen molar-refractivity contribution < 1.29 is 19.5 Å². The second-order valence-corrected chi connectivity index (χ2v) is 5.09. The maximum atomic E-state index is 12.1. The molecular weight excluding hydrogens is 236 g/mol. The van der Waals surface area contributed by atoms with Crippen molar-refractivity contribution in [1.82, 2.24) is 9.80 Å². The number of imide groups is 1. The van der Waals surface area contributed by atoms with Crippen LogP contribution in [0.5, 0.6) is 0 Å². The number of carbonyl (C=O) groups excluding carboxylic acids is 2.